The zero-order chi connectivity index (χ0) is 12.6. The van der Waals surface area contributed by atoms with Crippen molar-refractivity contribution in [1.82, 2.24) is 19.1 Å². The number of fused-ring (bicyclic) bond motifs is 1. The summed E-state index contributed by atoms with van der Waals surface area (Å²) in [7, 11) is 3.26. The van der Waals surface area contributed by atoms with E-state index in [1.54, 1.807) is 18.7 Å². The third kappa shape index (κ3) is 1.72. The molecule has 0 aliphatic heterocycles. The number of rotatable bonds is 3. The maximum Gasteiger partial charge on any atom is 0.329 e. The molecule has 92 valence electrons. The molecular formula is C9H14N6O2. The van der Waals surface area contributed by atoms with Crippen LogP contribution in [-0.2, 0) is 14.1 Å². The Morgan fingerprint density at radius 3 is 2.71 bits per heavy atom. The molecule has 0 aliphatic carbocycles. The number of imidazole rings is 1. The van der Waals surface area contributed by atoms with Crippen LogP contribution in [0.15, 0.2) is 9.59 Å². The molecule has 0 radical (unpaired) electrons. The van der Waals surface area contributed by atoms with Gasteiger partial charge in [0.1, 0.15) is 0 Å². The highest BCUT2D eigenvalue weighted by Crippen LogP contribution is 2.11. The Hall–Kier alpha value is -2.09. The predicted octanol–water partition coefficient (Wildman–Crippen LogP) is -1.67. The van der Waals surface area contributed by atoms with Gasteiger partial charge < -0.3 is 15.6 Å². The van der Waals surface area contributed by atoms with Crippen LogP contribution in [0, 0.1) is 0 Å². The van der Waals surface area contributed by atoms with Crippen LogP contribution in [0.3, 0.4) is 0 Å². The molecule has 0 amide bonds. The molecule has 0 spiro atoms. The molecule has 4 N–H and O–H groups in total. The van der Waals surface area contributed by atoms with Crippen molar-refractivity contribution in [2.45, 2.75) is 0 Å². The first-order valence-electron chi connectivity index (χ1n) is 5.16. The van der Waals surface area contributed by atoms with E-state index in [2.05, 4.69) is 15.3 Å². The SMILES string of the molecule is Cn1c(NCCN)nc2c1c(=O)[nH]c(=O)n2C. The average molecular weight is 238 g/mol. The number of hydrogen-bond donors (Lipinski definition) is 3. The minimum absolute atomic E-state index is 0.348. The van der Waals surface area contributed by atoms with Crippen molar-refractivity contribution in [1.29, 1.82) is 0 Å². The van der Waals surface area contributed by atoms with Gasteiger partial charge in [-0.2, -0.15) is 4.98 Å². The van der Waals surface area contributed by atoms with Crippen LogP contribution >= 0.6 is 0 Å². The van der Waals surface area contributed by atoms with Crippen LogP contribution in [0.2, 0.25) is 0 Å². The Labute approximate surface area is 96.1 Å². The number of nitrogens with two attached hydrogens (primary N) is 1. The summed E-state index contributed by atoms with van der Waals surface area (Å²) in [6, 6.07) is 0. The van der Waals surface area contributed by atoms with Gasteiger partial charge in [-0.15, -0.1) is 0 Å². The summed E-state index contributed by atoms with van der Waals surface area (Å²) >= 11 is 0. The van der Waals surface area contributed by atoms with E-state index in [4.69, 9.17) is 5.73 Å². The molecule has 0 unspecified atom stereocenters. The van der Waals surface area contributed by atoms with E-state index < -0.39 is 11.2 Å². The lowest BCUT2D eigenvalue weighted by atomic mass is 10.5. The topological polar surface area (TPSA) is 111 Å². The lowest BCUT2D eigenvalue weighted by molar-refractivity contribution is 0.829. The summed E-state index contributed by atoms with van der Waals surface area (Å²) in [5.74, 6) is 0.511. The quantitative estimate of drug-likeness (QED) is 0.592. The predicted molar refractivity (Wildman–Crippen MR) is 64.1 cm³/mol. The second-order valence-electron chi connectivity index (χ2n) is 3.70. The number of hydrogen-bond acceptors (Lipinski definition) is 5. The van der Waals surface area contributed by atoms with Gasteiger partial charge in [0, 0.05) is 27.2 Å². The van der Waals surface area contributed by atoms with Gasteiger partial charge in [-0.25, -0.2) is 4.79 Å². The van der Waals surface area contributed by atoms with Gasteiger partial charge in [-0.1, -0.05) is 0 Å². The Kier molecular flexibility index (Phi) is 2.72. The van der Waals surface area contributed by atoms with E-state index in [1.807, 2.05) is 0 Å². The molecule has 0 saturated heterocycles. The van der Waals surface area contributed by atoms with E-state index in [0.717, 1.165) is 0 Å². The van der Waals surface area contributed by atoms with E-state index in [0.29, 0.717) is 30.2 Å². The molecule has 2 aromatic heterocycles. The largest absolute Gasteiger partial charge is 0.354 e. The molecular weight excluding hydrogens is 224 g/mol. The first kappa shape index (κ1) is 11.4. The lowest BCUT2D eigenvalue weighted by Gasteiger charge is -2.02. The minimum atomic E-state index is -0.481. The van der Waals surface area contributed by atoms with Crippen molar-refractivity contribution in [2.24, 2.45) is 19.8 Å². The fraction of sp³-hybridized carbons (Fsp3) is 0.444. The molecule has 0 aliphatic rings. The number of aromatic amines is 1. The van der Waals surface area contributed by atoms with E-state index >= 15 is 0 Å². The van der Waals surface area contributed by atoms with E-state index in [-0.39, 0.29) is 0 Å². The van der Waals surface area contributed by atoms with Gasteiger partial charge in [0.15, 0.2) is 11.2 Å². The Bertz CT molecular complexity index is 664. The van der Waals surface area contributed by atoms with Gasteiger partial charge in [-0.3, -0.25) is 14.3 Å². The zero-order valence-electron chi connectivity index (χ0n) is 9.65. The van der Waals surface area contributed by atoms with Crippen molar-refractivity contribution in [3.05, 3.63) is 20.8 Å². The Balaban J connectivity index is 2.73. The van der Waals surface area contributed by atoms with Crippen molar-refractivity contribution >= 4 is 17.1 Å². The van der Waals surface area contributed by atoms with Gasteiger partial charge in [0.05, 0.1) is 0 Å². The summed E-state index contributed by atoms with van der Waals surface area (Å²) in [6.45, 7) is 1.00. The minimum Gasteiger partial charge on any atom is -0.354 e. The van der Waals surface area contributed by atoms with Crippen LogP contribution in [0.5, 0.6) is 0 Å². The van der Waals surface area contributed by atoms with Gasteiger partial charge in [0.2, 0.25) is 5.95 Å². The molecule has 2 heterocycles. The Morgan fingerprint density at radius 2 is 2.06 bits per heavy atom. The molecule has 0 fully saturated rings. The molecule has 2 aromatic rings. The molecule has 17 heavy (non-hydrogen) atoms. The first-order valence-corrected chi connectivity index (χ1v) is 5.16. The summed E-state index contributed by atoms with van der Waals surface area (Å²) in [6.07, 6.45) is 0. The number of H-pyrrole nitrogens is 1. The fourth-order valence-corrected chi connectivity index (χ4v) is 1.65. The van der Waals surface area contributed by atoms with Crippen LogP contribution in [0.1, 0.15) is 0 Å². The molecule has 0 bridgehead atoms. The lowest BCUT2D eigenvalue weighted by Crippen LogP contribution is -2.29. The van der Waals surface area contributed by atoms with Gasteiger partial charge >= 0.3 is 5.69 Å². The highest BCUT2D eigenvalue weighted by molar-refractivity contribution is 5.73. The number of nitrogens with one attached hydrogen (secondary N) is 2. The average Bonchev–Trinajstić information content (AvgIpc) is 2.61. The van der Waals surface area contributed by atoms with Crippen molar-refractivity contribution < 1.29 is 0 Å². The highest BCUT2D eigenvalue weighted by atomic mass is 16.2. The van der Waals surface area contributed by atoms with E-state index in [1.165, 1.54) is 4.57 Å². The van der Waals surface area contributed by atoms with Crippen molar-refractivity contribution in [2.75, 3.05) is 18.4 Å². The maximum absolute atomic E-state index is 11.7. The van der Waals surface area contributed by atoms with Crippen LogP contribution < -0.4 is 22.3 Å². The molecule has 2 rings (SSSR count). The third-order valence-corrected chi connectivity index (χ3v) is 2.56. The standard InChI is InChI=1S/C9H14N6O2/c1-14-5-6(12-8(14)11-4-3-10)15(2)9(17)13-7(5)16/h3-4,10H2,1-2H3,(H,11,12)(H,13,16,17). The van der Waals surface area contributed by atoms with Gasteiger partial charge in [-0.05, 0) is 0 Å². The van der Waals surface area contributed by atoms with Crippen LogP contribution in [-0.4, -0.2) is 32.2 Å². The first-order chi connectivity index (χ1) is 8.06. The van der Waals surface area contributed by atoms with Crippen molar-refractivity contribution in [3.8, 4) is 0 Å². The van der Waals surface area contributed by atoms with Crippen molar-refractivity contribution in [3.63, 3.8) is 0 Å². The molecule has 8 heteroatoms. The Morgan fingerprint density at radius 1 is 1.35 bits per heavy atom. The maximum atomic E-state index is 11.7. The second-order valence-corrected chi connectivity index (χ2v) is 3.70. The summed E-state index contributed by atoms with van der Waals surface area (Å²) in [5.41, 5.74) is 5.16. The van der Waals surface area contributed by atoms with Gasteiger partial charge in [0.25, 0.3) is 5.56 Å². The molecule has 0 saturated carbocycles. The third-order valence-electron chi connectivity index (χ3n) is 2.56. The normalized spacial score (nSPS) is 11.0. The highest BCUT2D eigenvalue weighted by Gasteiger charge is 2.13. The number of anilines is 1. The second kappa shape index (κ2) is 4.06. The smallest absolute Gasteiger partial charge is 0.329 e. The molecule has 0 aromatic carbocycles. The number of aryl methyl sites for hydroxylation is 2. The molecule has 8 nitrogen and oxygen atoms in total. The van der Waals surface area contributed by atoms with E-state index in [9.17, 15) is 9.59 Å². The molecule has 0 atom stereocenters. The summed E-state index contributed by atoms with van der Waals surface area (Å²) in [4.78, 5) is 29.5. The zero-order valence-corrected chi connectivity index (χ0v) is 9.65. The summed E-state index contributed by atoms with van der Waals surface area (Å²) < 4.78 is 2.90. The van der Waals surface area contributed by atoms with Crippen LogP contribution in [0.4, 0.5) is 5.95 Å². The number of aromatic nitrogens is 4. The summed E-state index contributed by atoms with van der Waals surface area (Å²) in [5, 5.41) is 2.98. The fourth-order valence-electron chi connectivity index (χ4n) is 1.65. The monoisotopic (exact) mass is 238 g/mol. The van der Waals surface area contributed by atoms with Crippen LogP contribution in [0.25, 0.3) is 11.2 Å². The number of nitrogens with zero attached hydrogens (tertiary/aromatic N) is 3.